The van der Waals surface area contributed by atoms with Gasteiger partial charge in [-0.3, -0.25) is 4.79 Å². The van der Waals surface area contributed by atoms with Gasteiger partial charge in [-0.25, -0.2) is 9.59 Å². The summed E-state index contributed by atoms with van der Waals surface area (Å²) in [6.45, 7) is 0.0967. The third kappa shape index (κ3) is 3.12. The number of carboxylic acid groups (broad SMARTS) is 1. The molecule has 0 aromatic carbocycles. The van der Waals surface area contributed by atoms with Crippen LogP contribution < -0.4 is 10.2 Å². The van der Waals surface area contributed by atoms with Crippen molar-refractivity contribution in [2.75, 3.05) is 6.54 Å². The van der Waals surface area contributed by atoms with Crippen LogP contribution in [-0.4, -0.2) is 50.8 Å². The number of amides is 2. The molecule has 0 aliphatic carbocycles. The van der Waals surface area contributed by atoms with Crippen molar-refractivity contribution < 1.29 is 19.8 Å². The third-order valence-electron chi connectivity index (χ3n) is 2.83. The van der Waals surface area contributed by atoms with Crippen molar-refractivity contribution in [3.8, 4) is 0 Å². The molecule has 0 spiro atoms. The fraction of sp³-hybridized carbons (Fsp3) is 0.500. The highest BCUT2D eigenvalue weighted by Gasteiger charge is 2.38. The molecule has 4 N–H and O–H groups in total. The molecular formula is C10H13N3O5S. The maximum absolute atomic E-state index is 11.8. The van der Waals surface area contributed by atoms with E-state index in [1.165, 1.54) is 0 Å². The summed E-state index contributed by atoms with van der Waals surface area (Å²) < 4.78 is 0. The van der Waals surface area contributed by atoms with Crippen molar-refractivity contribution in [3.63, 3.8) is 0 Å². The molecule has 2 amide bonds. The molecule has 0 bridgehead atoms. The quantitative estimate of drug-likeness (QED) is 0.577. The minimum atomic E-state index is -1.14. The van der Waals surface area contributed by atoms with Crippen LogP contribution in [0.3, 0.4) is 0 Å². The first-order valence-corrected chi connectivity index (χ1v) is 6.47. The zero-order chi connectivity index (χ0) is 14.0. The van der Waals surface area contributed by atoms with Gasteiger partial charge in [0.05, 0.1) is 12.6 Å². The summed E-state index contributed by atoms with van der Waals surface area (Å²) in [5.74, 6) is -1.14. The van der Waals surface area contributed by atoms with Crippen LogP contribution in [0.25, 0.3) is 0 Å². The van der Waals surface area contributed by atoms with E-state index in [-0.39, 0.29) is 24.4 Å². The number of carboxylic acids is 1. The summed E-state index contributed by atoms with van der Waals surface area (Å²) in [6, 6.07) is -1.59. The number of aliphatic hydroxyl groups excluding tert-OH is 1. The first kappa shape index (κ1) is 13.6. The number of nitrogens with zero attached hydrogens (tertiary/aromatic N) is 1. The molecule has 1 aromatic heterocycles. The maximum Gasteiger partial charge on any atom is 0.326 e. The number of carbonyl (C=O) groups excluding carboxylic acids is 1. The molecule has 1 fully saturated rings. The minimum Gasteiger partial charge on any atom is -0.480 e. The van der Waals surface area contributed by atoms with Crippen molar-refractivity contribution in [1.29, 1.82) is 0 Å². The van der Waals surface area contributed by atoms with Gasteiger partial charge in [0.15, 0.2) is 0 Å². The van der Waals surface area contributed by atoms with E-state index in [0.29, 0.717) is 5.69 Å². The predicted molar refractivity (Wildman–Crippen MR) is 65.9 cm³/mol. The van der Waals surface area contributed by atoms with Crippen LogP contribution in [0.4, 0.5) is 4.79 Å². The number of β-amino-alcohol motifs (C(OH)–C–C–N with tert-alkyl or cyclic N) is 1. The first-order valence-electron chi connectivity index (χ1n) is 5.59. The van der Waals surface area contributed by atoms with Crippen LogP contribution in [0.5, 0.6) is 0 Å². The van der Waals surface area contributed by atoms with E-state index in [4.69, 9.17) is 5.11 Å². The van der Waals surface area contributed by atoms with Crippen molar-refractivity contribution in [2.45, 2.75) is 25.1 Å². The number of thiazole rings is 1. The standard InChI is InChI=1S/C10H13N3O5S/c14-6-1-7(8(15)16)13(3-6)9(17)11-2-5-4-19-10(18)12-5/h4,6-7,14H,1-3H2,(H,11,17)(H,12,18)(H,15,16)/t6-,7+/m1/s1. The number of hydrogen-bond donors (Lipinski definition) is 4. The summed E-state index contributed by atoms with van der Waals surface area (Å²) in [7, 11) is 0. The second kappa shape index (κ2) is 5.41. The van der Waals surface area contributed by atoms with Gasteiger partial charge in [0.2, 0.25) is 0 Å². The zero-order valence-electron chi connectivity index (χ0n) is 9.83. The summed E-state index contributed by atoms with van der Waals surface area (Å²) in [6.07, 6.45) is -0.800. The summed E-state index contributed by atoms with van der Waals surface area (Å²) in [4.78, 5) is 37.1. The number of rotatable bonds is 3. The summed E-state index contributed by atoms with van der Waals surface area (Å²) >= 11 is 0.984. The van der Waals surface area contributed by atoms with Crippen molar-refractivity contribution in [3.05, 3.63) is 20.7 Å². The van der Waals surface area contributed by atoms with E-state index in [1.54, 1.807) is 5.38 Å². The lowest BCUT2D eigenvalue weighted by molar-refractivity contribution is -0.141. The number of hydrogen-bond acceptors (Lipinski definition) is 5. The Morgan fingerprint density at radius 2 is 2.32 bits per heavy atom. The largest absolute Gasteiger partial charge is 0.480 e. The Bertz CT molecular complexity index is 539. The molecule has 2 heterocycles. The Morgan fingerprint density at radius 3 is 2.89 bits per heavy atom. The van der Waals surface area contributed by atoms with Crippen LogP contribution >= 0.6 is 11.3 Å². The molecule has 1 aliphatic rings. The van der Waals surface area contributed by atoms with E-state index >= 15 is 0 Å². The van der Waals surface area contributed by atoms with Crippen LogP contribution in [0.15, 0.2) is 10.2 Å². The van der Waals surface area contributed by atoms with E-state index in [9.17, 15) is 19.5 Å². The number of aromatic nitrogens is 1. The Hall–Kier alpha value is -1.87. The van der Waals surface area contributed by atoms with Gasteiger partial charge < -0.3 is 25.4 Å². The minimum absolute atomic E-state index is 0.0110. The van der Waals surface area contributed by atoms with Crippen LogP contribution in [0, 0.1) is 0 Å². The molecule has 8 nitrogen and oxygen atoms in total. The van der Waals surface area contributed by atoms with Gasteiger partial charge in [-0.2, -0.15) is 0 Å². The van der Waals surface area contributed by atoms with Gasteiger partial charge >= 0.3 is 16.9 Å². The normalized spacial score (nSPS) is 22.5. The van der Waals surface area contributed by atoms with Gasteiger partial charge in [-0.05, 0) is 0 Å². The first-order chi connectivity index (χ1) is 8.97. The van der Waals surface area contributed by atoms with Crippen LogP contribution in [0.2, 0.25) is 0 Å². The molecular weight excluding hydrogens is 274 g/mol. The molecule has 0 unspecified atom stereocenters. The highest BCUT2D eigenvalue weighted by Crippen LogP contribution is 2.18. The number of nitrogens with one attached hydrogen (secondary N) is 2. The average Bonchev–Trinajstić information content (AvgIpc) is 2.92. The van der Waals surface area contributed by atoms with Gasteiger partial charge in [0, 0.05) is 24.0 Å². The molecule has 1 aromatic rings. The van der Waals surface area contributed by atoms with Crippen LogP contribution in [0.1, 0.15) is 12.1 Å². The zero-order valence-corrected chi connectivity index (χ0v) is 10.6. The highest BCUT2D eigenvalue weighted by molar-refractivity contribution is 7.07. The topological polar surface area (TPSA) is 123 Å². The monoisotopic (exact) mass is 287 g/mol. The molecule has 2 rings (SSSR count). The fourth-order valence-electron chi connectivity index (χ4n) is 1.95. The maximum atomic E-state index is 11.8. The number of aliphatic carboxylic acids is 1. The van der Waals surface area contributed by atoms with Crippen molar-refractivity contribution >= 4 is 23.3 Å². The van der Waals surface area contributed by atoms with E-state index < -0.39 is 24.1 Å². The fourth-order valence-corrected chi connectivity index (χ4v) is 2.53. The number of aliphatic hydroxyl groups is 1. The molecule has 0 saturated carbocycles. The lowest BCUT2D eigenvalue weighted by atomic mass is 10.2. The summed E-state index contributed by atoms with van der Waals surface area (Å²) in [5, 5.41) is 22.5. The molecule has 9 heteroatoms. The van der Waals surface area contributed by atoms with E-state index in [1.807, 2.05) is 0 Å². The van der Waals surface area contributed by atoms with Gasteiger partial charge in [0.25, 0.3) is 0 Å². The lowest BCUT2D eigenvalue weighted by Crippen LogP contribution is -2.46. The second-order valence-corrected chi connectivity index (χ2v) is 5.07. The Balaban J connectivity index is 1.95. The molecule has 2 atom stereocenters. The molecule has 1 aliphatic heterocycles. The summed E-state index contributed by atoms with van der Waals surface area (Å²) in [5.41, 5.74) is 0.551. The highest BCUT2D eigenvalue weighted by atomic mass is 32.1. The number of likely N-dealkylation sites (tertiary alicyclic amines) is 1. The Kier molecular flexibility index (Phi) is 3.86. The van der Waals surface area contributed by atoms with Crippen molar-refractivity contribution in [2.24, 2.45) is 0 Å². The van der Waals surface area contributed by atoms with Crippen molar-refractivity contribution in [1.82, 2.24) is 15.2 Å². The smallest absolute Gasteiger partial charge is 0.326 e. The molecule has 1 saturated heterocycles. The molecule has 0 radical (unpaired) electrons. The number of aromatic amines is 1. The number of carbonyl (C=O) groups is 2. The molecule has 104 valence electrons. The van der Waals surface area contributed by atoms with Crippen LogP contribution in [-0.2, 0) is 11.3 Å². The average molecular weight is 287 g/mol. The van der Waals surface area contributed by atoms with Gasteiger partial charge in [-0.15, -0.1) is 0 Å². The lowest BCUT2D eigenvalue weighted by Gasteiger charge is -2.21. The SMILES string of the molecule is O=C(O)[C@@H]1C[C@@H](O)CN1C(=O)NCc1csc(=O)[nH]1. The van der Waals surface area contributed by atoms with E-state index in [0.717, 1.165) is 16.2 Å². The number of H-pyrrole nitrogens is 1. The van der Waals surface area contributed by atoms with Gasteiger partial charge in [0.1, 0.15) is 6.04 Å². The second-order valence-electron chi connectivity index (χ2n) is 4.23. The third-order valence-corrected chi connectivity index (χ3v) is 3.54. The number of urea groups is 1. The Labute approximate surface area is 111 Å². The molecule has 19 heavy (non-hydrogen) atoms. The Morgan fingerprint density at radius 1 is 1.58 bits per heavy atom. The van der Waals surface area contributed by atoms with Gasteiger partial charge in [-0.1, -0.05) is 11.3 Å². The predicted octanol–water partition coefficient (Wildman–Crippen LogP) is -0.834. The van der Waals surface area contributed by atoms with E-state index in [2.05, 4.69) is 10.3 Å².